The molecule has 0 heterocycles. The van der Waals surface area contributed by atoms with Crippen LogP contribution in [0.5, 0.6) is 5.75 Å². The van der Waals surface area contributed by atoms with Gasteiger partial charge in [0.25, 0.3) is 0 Å². The van der Waals surface area contributed by atoms with Crippen LogP contribution in [0.25, 0.3) is 0 Å². The predicted octanol–water partition coefficient (Wildman–Crippen LogP) is 3.96. The number of rotatable bonds is 4. The van der Waals surface area contributed by atoms with E-state index in [2.05, 4.69) is 0 Å². The van der Waals surface area contributed by atoms with E-state index in [0.717, 1.165) is 17.1 Å². The molecule has 0 aliphatic carbocycles. The predicted molar refractivity (Wildman–Crippen MR) is 82.8 cm³/mol. The van der Waals surface area contributed by atoms with E-state index < -0.39 is 6.10 Å². The summed E-state index contributed by atoms with van der Waals surface area (Å²) in [6, 6.07) is 10.7. The minimum atomic E-state index is -0.747. The van der Waals surface area contributed by atoms with E-state index in [1.165, 1.54) is 6.07 Å². The fourth-order valence-electron chi connectivity index (χ4n) is 2.26. The Bertz CT molecular complexity index is 641. The van der Waals surface area contributed by atoms with Crippen molar-refractivity contribution in [3.05, 3.63) is 53.3 Å². The molecule has 2 rings (SSSR count). The number of nitrogens with zero attached hydrogens (tertiary/aromatic N) is 1. The van der Waals surface area contributed by atoms with Gasteiger partial charge in [-0.3, -0.25) is 0 Å². The molecule has 2 aromatic carbocycles. The Labute approximate surface area is 124 Å². The zero-order chi connectivity index (χ0) is 15.6. The number of aliphatic hydroxyl groups is 1. The molecule has 0 aliphatic rings. The number of halogens is 1. The van der Waals surface area contributed by atoms with Crippen LogP contribution in [0.3, 0.4) is 0 Å². The fraction of sp³-hybridized carbons (Fsp3) is 0.294. The second kappa shape index (κ2) is 6.14. The summed E-state index contributed by atoms with van der Waals surface area (Å²) in [5.74, 6) is 0.436. The third-order valence-electron chi connectivity index (χ3n) is 3.56. The zero-order valence-corrected chi connectivity index (χ0v) is 12.7. The monoisotopic (exact) mass is 289 g/mol. The van der Waals surface area contributed by atoms with Crippen molar-refractivity contribution in [1.29, 1.82) is 0 Å². The van der Waals surface area contributed by atoms with Gasteiger partial charge in [0, 0.05) is 30.1 Å². The van der Waals surface area contributed by atoms with Gasteiger partial charge in [-0.25, -0.2) is 4.39 Å². The highest BCUT2D eigenvalue weighted by Gasteiger charge is 2.16. The number of methoxy groups -OCH3 is 1. The van der Waals surface area contributed by atoms with Crippen molar-refractivity contribution in [3.63, 3.8) is 0 Å². The van der Waals surface area contributed by atoms with Gasteiger partial charge < -0.3 is 14.7 Å². The second-order valence-electron chi connectivity index (χ2n) is 5.10. The molecular weight excluding hydrogens is 269 g/mol. The van der Waals surface area contributed by atoms with Gasteiger partial charge in [0.05, 0.1) is 13.2 Å². The minimum absolute atomic E-state index is 0.311. The van der Waals surface area contributed by atoms with Crippen molar-refractivity contribution in [1.82, 2.24) is 0 Å². The van der Waals surface area contributed by atoms with Gasteiger partial charge in [0.2, 0.25) is 0 Å². The molecule has 0 fully saturated rings. The van der Waals surface area contributed by atoms with Crippen LogP contribution in [-0.2, 0) is 0 Å². The second-order valence-corrected chi connectivity index (χ2v) is 5.10. The minimum Gasteiger partial charge on any atom is -0.497 e. The number of aryl methyl sites for hydroxylation is 1. The first kappa shape index (κ1) is 15.3. The highest BCUT2D eigenvalue weighted by Crippen LogP contribution is 2.34. The SMILES string of the molecule is COc1cccc(N(C)c2cc(C)c(F)cc2[C@@H](C)O)c1. The lowest BCUT2D eigenvalue weighted by atomic mass is 10.0. The summed E-state index contributed by atoms with van der Waals surface area (Å²) in [4.78, 5) is 1.91. The van der Waals surface area contributed by atoms with Crippen LogP contribution in [-0.4, -0.2) is 19.3 Å². The first-order valence-electron chi connectivity index (χ1n) is 6.80. The number of hydrogen-bond acceptors (Lipinski definition) is 3. The highest BCUT2D eigenvalue weighted by molar-refractivity contribution is 5.68. The lowest BCUT2D eigenvalue weighted by Gasteiger charge is -2.25. The molecular formula is C17H20FNO2. The van der Waals surface area contributed by atoms with Crippen LogP contribution in [0.2, 0.25) is 0 Å². The zero-order valence-electron chi connectivity index (χ0n) is 12.7. The van der Waals surface area contributed by atoms with Crippen LogP contribution in [0.15, 0.2) is 36.4 Å². The molecule has 0 unspecified atom stereocenters. The fourth-order valence-corrected chi connectivity index (χ4v) is 2.26. The maximum absolute atomic E-state index is 13.8. The van der Waals surface area contributed by atoms with Crippen molar-refractivity contribution < 1.29 is 14.2 Å². The Morgan fingerprint density at radius 3 is 2.57 bits per heavy atom. The summed E-state index contributed by atoms with van der Waals surface area (Å²) in [7, 11) is 3.50. The van der Waals surface area contributed by atoms with Gasteiger partial charge in [0.1, 0.15) is 11.6 Å². The van der Waals surface area contributed by atoms with E-state index in [1.54, 1.807) is 27.0 Å². The van der Waals surface area contributed by atoms with E-state index in [9.17, 15) is 9.50 Å². The first-order chi connectivity index (χ1) is 9.93. The van der Waals surface area contributed by atoms with Crippen molar-refractivity contribution in [2.45, 2.75) is 20.0 Å². The lowest BCUT2D eigenvalue weighted by molar-refractivity contribution is 0.199. The number of hydrogen-bond donors (Lipinski definition) is 1. The summed E-state index contributed by atoms with van der Waals surface area (Å²) in [5.41, 5.74) is 2.78. The molecule has 2 aromatic rings. The average molecular weight is 289 g/mol. The molecule has 0 radical (unpaired) electrons. The number of aliphatic hydroxyl groups excluding tert-OH is 1. The van der Waals surface area contributed by atoms with E-state index in [-0.39, 0.29) is 5.82 Å². The van der Waals surface area contributed by atoms with Gasteiger partial charge >= 0.3 is 0 Å². The highest BCUT2D eigenvalue weighted by atomic mass is 19.1. The third kappa shape index (κ3) is 3.16. The van der Waals surface area contributed by atoms with Gasteiger partial charge in [0.15, 0.2) is 0 Å². The molecule has 112 valence electrons. The van der Waals surface area contributed by atoms with Crippen molar-refractivity contribution in [2.24, 2.45) is 0 Å². The Balaban J connectivity index is 2.51. The van der Waals surface area contributed by atoms with E-state index in [4.69, 9.17) is 4.74 Å². The Kier molecular flexibility index (Phi) is 4.48. The average Bonchev–Trinajstić information content (AvgIpc) is 2.48. The van der Waals surface area contributed by atoms with E-state index >= 15 is 0 Å². The molecule has 0 spiro atoms. The molecule has 0 bridgehead atoms. The van der Waals surface area contributed by atoms with Crippen LogP contribution in [0.4, 0.5) is 15.8 Å². The topological polar surface area (TPSA) is 32.7 Å². The Hall–Kier alpha value is -2.07. The molecule has 1 atom stereocenters. The van der Waals surface area contributed by atoms with Gasteiger partial charge in [-0.2, -0.15) is 0 Å². The number of ether oxygens (including phenoxy) is 1. The maximum atomic E-state index is 13.8. The molecule has 21 heavy (non-hydrogen) atoms. The molecule has 0 aromatic heterocycles. The summed E-state index contributed by atoms with van der Waals surface area (Å²) < 4.78 is 19.0. The van der Waals surface area contributed by atoms with Gasteiger partial charge in [-0.15, -0.1) is 0 Å². The van der Waals surface area contributed by atoms with Crippen molar-refractivity contribution >= 4 is 11.4 Å². The van der Waals surface area contributed by atoms with Gasteiger partial charge in [-0.05, 0) is 43.7 Å². The Morgan fingerprint density at radius 2 is 1.95 bits per heavy atom. The number of anilines is 2. The summed E-state index contributed by atoms with van der Waals surface area (Å²) in [6.07, 6.45) is -0.747. The van der Waals surface area contributed by atoms with Crippen LogP contribution < -0.4 is 9.64 Å². The third-order valence-corrected chi connectivity index (χ3v) is 3.56. The summed E-state index contributed by atoms with van der Waals surface area (Å²) >= 11 is 0. The molecule has 0 aliphatic heterocycles. The smallest absolute Gasteiger partial charge is 0.126 e. The van der Waals surface area contributed by atoms with E-state index in [1.807, 2.05) is 36.2 Å². The van der Waals surface area contributed by atoms with Gasteiger partial charge in [-0.1, -0.05) is 6.07 Å². The van der Waals surface area contributed by atoms with Crippen LogP contribution in [0, 0.1) is 12.7 Å². The van der Waals surface area contributed by atoms with Crippen LogP contribution >= 0.6 is 0 Å². The normalized spacial score (nSPS) is 12.1. The first-order valence-corrected chi connectivity index (χ1v) is 6.80. The van der Waals surface area contributed by atoms with Crippen molar-refractivity contribution in [3.8, 4) is 5.75 Å². The van der Waals surface area contributed by atoms with Crippen molar-refractivity contribution in [2.75, 3.05) is 19.1 Å². The summed E-state index contributed by atoms with van der Waals surface area (Å²) in [6.45, 7) is 3.34. The molecule has 0 saturated carbocycles. The number of benzene rings is 2. The quantitative estimate of drug-likeness (QED) is 0.924. The largest absolute Gasteiger partial charge is 0.497 e. The van der Waals surface area contributed by atoms with Crippen LogP contribution in [0.1, 0.15) is 24.2 Å². The maximum Gasteiger partial charge on any atom is 0.126 e. The molecule has 3 nitrogen and oxygen atoms in total. The molecule has 0 saturated heterocycles. The molecule has 4 heteroatoms. The lowest BCUT2D eigenvalue weighted by Crippen LogP contribution is -2.14. The Morgan fingerprint density at radius 1 is 1.24 bits per heavy atom. The molecule has 0 amide bonds. The molecule has 1 N–H and O–H groups in total. The standard InChI is InChI=1S/C17H20FNO2/c1-11-8-17(15(12(2)20)10-16(11)18)19(3)13-6-5-7-14(9-13)21-4/h5-10,12,20H,1-4H3/t12-/m1/s1. The summed E-state index contributed by atoms with van der Waals surface area (Å²) in [5, 5.41) is 9.90. The van der Waals surface area contributed by atoms with E-state index in [0.29, 0.717) is 11.1 Å².